The van der Waals surface area contributed by atoms with Crippen LogP contribution in [0.25, 0.3) is 0 Å². The minimum absolute atomic E-state index is 0.446. The smallest absolute Gasteiger partial charge is 0.119 e. The Morgan fingerprint density at radius 1 is 1.31 bits per heavy atom. The van der Waals surface area contributed by atoms with Gasteiger partial charge in [-0.1, -0.05) is 6.92 Å². The first-order valence-corrected chi connectivity index (χ1v) is 4.66. The van der Waals surface area contributed by atoms with E-state index < -0.39 is 0 Å². The molecular formula is C11H15NO. The van der Waals surface area contributed by atoms with Crippen LogP contribution < -0.4 is 10.5 Å². The maximum absolute atomic E-state index is 5.63. The van der Waals surface area contributed by atoms with Crippen LogP contribution in [0, 0.1) is 5.41 Å². The number of benzene rings is 1. The van der Waals surface area contributed by atoms with E-state index in [-0.39, 0.29) is 0 Å². The summed E-state index contributed by atoms with van der Waals surface area (Å²) in [6.07, 6.45) is 2.59. The lowest BCUT2D eigenvalue weighted by molar-refractivity contribution is 0.247. The molecule has 0 atom stereocenters. The Hall–Kier alpha value is -1.18. The number of hydrogen-bond acceptors (Lipinski definition) is 2. The van der Waals surface area contributed by atoms with Gasteiger partial charge in [0.05, 0.1) is 6.61 Å². The molecule has 2 nitrogen and oxygen atoms in total. The predicted octanol–water partition coefficient (Wildman–Crippen LogP) is 2.45. The Bertz CT molecular complexity index is 287. The van der Waals surface area contributed by atoms with Gasteiger partial charge in [-0.05, 0) is 37.1 Å². The van der Waals surface area contributed by atoms with Crippen LogP contribution in [0.15, 0.2) is 24.3 Å². The van der Waals surface area contributed by atoms with Crippen molar-refractivity contribution in [2.45, 2.75) is 19.8 Å². The fourth-order valence-electron chi connectivity index (χ4n) is 1.18. The average molecular weight is 177 g/mol. The largest absolute Gasteiger partial charge is 0.493 e. The molecular weight excluding hydrogens is 162 g/mol. The minimum atomic E-state index is 0.446. The lowest BCUT2D eigenvalue weighted by atomic mass is 10.2. The minimum Gasteiger partial charge on any atom is -0.493 e. The van der Waals surface area contributed by atoms with Gasteiger partial charge in [0, 0.05) is 11.1 Å². The van der Waals surface area contributed by atoms with Gasteiger partial charge in [0.1, 0.15) is 5.75 Å². The number of rotatable bonds is 3. The second-order valence-electron chi connectivity index (χ2n) is 4.17. The molecule has 0 heterocycles. The van der Waals surface area contributed by atoms with Gasteiger partial charge in [-0.3, -0.25) is 0 Å². The zero-order valence-corrected chi connectivity index (χ0v) is 7.92. The van der Waals surface area contributed by atoms with Crippen LogP contribution in [0.4, 0.5) is 5.69 Å². The van der Waals surface area contributed by atoms with Gasteiger partial charge in [0.15, 0.2) is 0 Å². The third-order valence-electron chi connectivity index (χ3n) is 2.57. The van der Waals surface area contributed by atoms with Crippen LogP contribution in [-0.2, 0) is 0 Å². The number of anilines is 1. The van der Waals surface area contributed by atoms with Crippen LogP contribution in [0.2, 0.25) is 0 Å². The molecule has 1 aromatic carbocycles. The van der Waals surface area contributed by atoms with E-state index in [2.05, 4.69) is 6.92 Å². The van der Waals surface area contributed by atoms with Gasteiger partial charge in [0.25, 0.3) is 0 Å². The molecule has 0 unspecified atom stereocenters. The molecule has 0 aromatic heterocycles. The van der Waals surface area contributed by atoms with Crippen molar-refractivity contribution in [1.82, 2.24) is 0 Å². The highest BCUT2D eigenvalue weighted by atomic mass is 16.5. The fraction of sp³-hybridized carbons (Fsp3) is 0.455. The summed E-state index contributed by atoms with van der Waals surface area (Å²) in [5.41, 5.74) is 6.79. The first-order chi connectivity index (χ1) is 6.18. The highest BCUT2D eigenvalue weighted by Gasteiger charge is 2.37. The molecule has 0 bridgehead atoms. The van der Waals surface area contributed by atoms with Crippen molar-refractivity contribution in [3.05, 3.63) is 24.3 Å². The standard InChI is InChI=1S/C11H15NO/c1-11(6-7-11)8-13-10-4-2-9(12)3-5-10/h2-5H,6-8,12H2,1H3. The Balaban J connectivity index is 1.91. The molecule has 0 radical (unpaired) electrons. The summed E-state index contributed by atoms with van der Waals surface area (Å²) in [6.45, 7) is 3.08. The molecule has 70 valence electrons. The van der Waals surface area contributed by atoms with Gasteiger partial charge in [-0.15, -0.1) is 0 Å². The van der Waals surface area contributed by atoms with Crippen LogP contribution in [0.3, 0.4) is 0 Å². The van der Waals surface area contributed by atoms with Crippen molar-refractivity contribution in [3.8, 4) is 5.75 Å². The van der Waals surface area contributed by atoms with Gasteiger partial charge >= 0.3 is 0 Å². The molecule has 1 saturated carbocycles. The van der Waals surface area contributed by atoms with Gasteiger partial charge in [-0.25, -0.2) is 0 Å². The maximum Gasteiger partial charge on any atom is 0.119 e. The van der Waals surface area contributed by atoms with Crippen molar-refractivity contribution in [1.29, 1.82) is 0 Å². The fourth-order valence-corrected chi connectivity index (χ4v) is 1.18. The van der Waals surface area contributed by atoms with E-state index in [1.807, 2.05) is 24.3 Å². The van der Waals surface area contributed by atoms with E-state index >= 15 is 0 Å². The summed E-state index contributed by atoms with van der Waals surface area (Å²) < 4.78 is 5.63. The molecule has 0 aliphatic heterocycles. The highest BCUT2D eigenvalue weighted by molar-refractivity contribution is 5.41. The van der Waals surface area contributed by atoms with Crippen molar-refractivity contribution in [2.24, 2.45) is 5.41 Å². The number of hydrogen-bond donors (Lipinski definition) is 1. The van der Waals surface area contributed by atoms with Gasteiger partial charge in [-0.2, -0.15) is 0 Å². The monoisotopic (exact) mass is 177 g/mol. The Labute approximate surface area is 78.7 Å². The molecule has 0 saturated heterocycles. The van der Waals surface area contributed by atoms with E-state index in [0.29, 0.717) is 5.41 Å². The van der Waals surface area contributed by atoms with E-state index in [1.165, 1.54) is 12.8 Å². The van der Waals surface area contributed by atoms with Crippen LogP contribution in [0.1, 0.15) is 19.8 Å². The normalized spacial score (nSPS) is 18.2. The second-order valence-corrected chi connectivity index (χ2v) is 4.17. The predicted molar refractivity (Wildman–Crippen MR) is 53.7 cm³/mol. The molecule has 1 aliphatic rings. The molecule has 2 N–H and O–H groups in total. The lowest BCUT2D eigenvalue weighted by Gasteiger charge is -2.10. The number of ether oxygens (including phenoxy) is 1. The second kappa shape index (κ2) is 2.95. The topological polar surface area (TPSA) is 35.2 Å². The zero-order chi connectivity index (χ0) is 9.31. The summed E-state index contributed by atoms with van der Waals surface area (Å²) >= 11 is 0. The SMILES string of the molecule is CC1(COc2ccc(N)cc2)CC1. The van der Waals surface area contributed by atoms with Gasteiger partial charge in [0.2, 0.25) is 0 Å². The molecule has 13 heavy (non-hydrogen) atoms. The third-order valence-corrected chi connectivity index (χ3v) is 2.57. The highest BCUT2D eigenvalue weighted by Crippen LogP contribution is 2.45. The van der Waals surface area contributed by atoms with E-state index in [0.717, 1.165) is 18.0 Å². The van der Waals surface area contributed by atoms with E-state index in [1.54, 1.807) is 0 Å². The molecule has 1 fully saturated rings. The Kier molecular flexibility index (Phi) is 1.91. The van der Waals surface area contributed by atoms with E-state index in [9.17, 15) is 0 Å². The van der Waals surface area contributed by atoms with Crippen LogP contribution >= 0.6 is 0 Å². The molecule has 0 amide bonds. The van der Waals surface area contributed by atoms with E-state index in [4.69, 9.17) is 10.5 Å². The zero-order valence-electron chi connectivity index (χ0n) is 7.92. The summed E-state index contributed by atoms with van der Waals surface area (Å²) in [5.74, 6) is 0.919. The third kappa shape index (κ3) is 2.14. The molecule has 1 aliphatic carbocycles. The van der Waals surface area contributed by atoms with Crippen molar-refractivity contribution in [3.63, 3.8) is 0 Å². The summed E-state index contributed by atoms with van der Waals surface area (Å²) in [5, 5.41) is 0. The van der Waals surface area contributed by atoms with Crippen LogP contribution in [-0.4, -0.2) is 6.61 Å². The first kappa shape index (κ1) is 8.42. The summed E-state index contributed by atoms with van der Waals surface area (Å²) in [7, 11) is 0. The number of nitrogens with two attached hydrogens (primary N) is 1. The van der Waals surface area contributed by atoms with Crippen molar-refractivity contribution < 1.29 is 4.74 Å². The molecule has 2 rings (SSSR count). The average Bonchev–Trinajstić information content (AvgIpc) is 2.84. The summed E-state index contributed by atoms with van der Waals surface area (Å²) in [6, 6.07) is 7.57. The maximum atomic E-state index is 5.63. The van der Waals surface area contributed by atoms with Crippen molar-refractivity contribution >= 4 is 5.69 Å². The molecule has 1 aromatic rings. The quantitative estimate of drug-likeness (QED) is 0.720. The van der Waals surface area contributed by atoms with Gasteiger partial charge < -0.3 is 10.5 Å². The number of nitrogen functional groups attached to an aromatic ring is 1. The van der Waals surface area contributed by atoms with Crippen molar-refractivity contribution in [2.75, 3.05) is 12.3 Å². The molecule has 0 spiro atoms. The lowest BCUT2D eigenvalue weighted by Crippen LogP contribution is -2.08. The molecule has 2 heteroatoms. The Morgan fingerprint density at radius 3 is 2.46 bits per heavy atom. The first-order valence-electron chi connectivity index (χ1n) is 4.66. The Morgan fingerprint density at radius 2 is 1.92 bits per heavy atom. The summed E-state index contributed by atoms with van der Waals surface area (Å²) in [4.78, 5) is 0. The van der Waals surface area contributed by atoms with Crippen LogP contribution in [0.5, 0.6) is 5.75 Å².